The molecular weight excluding hydrogens is 285 g/mol. The van der Waals surface area contributed by atoms with Crippen LogP contribution in [0.4, 0.5) is 10.1 Å². The number of carbonyl (C=O) groups excluding carboxylic acids is 1. The van der Waals surface area contributed by atoms with Gasteiger partial charge in [0.1, 0.15) is 0 Å². The van der Waals surface area contributed by atoms with Gasteiger partial charge in [-0.2, -0.15) is 4.39 Å². The molecular formula is C12H10FN3O3S. The minimum Gasteiger partial charge on any atom is -0.346 e. The van der Waals surface area contributed by atoms with E-state index in [4.69, 9.17) is 0 Å². The standard InChI is InChI=1S/C12H10FN3O3S/c1-7-15-9(6-20-7)5-14-12(17)8-2-3-10(13)11(4-8)16(18)19/h2-4,6H,5H2,1H3,(H,14,17). The smallest absolute Gasteiger partial charge is 0.305 e. The molecule has 2 aromatic rings. The molecule has 0 saturated heterocycles. The maximum Gasteiger partial charge on any atom is 0.305 e. The van der Waals surface area contributed by atoms with Crippen LogP contribution in [0, 0.1) is 22.9 Å². The summed E-state index contributed by atoms with van der Waals surface area (Å²) in [6.07, 6.45) is 0. The van der Waals surface area contributed by atoms with Gasteiger partial charge in [-0.3, -0.25) is 14.9 Å². The van der Waals surface area contributed by atoms with Crippen molar-refractivity contribution in [3.63, 3.8) is 0 Å². The zero-order chi connectivity index (χ0) is 14.7. The van der Waals surface area contributed by atoms with Crippen molar-refractivity contribution in [3.05, 3.63) is 55.8 Å². The van der Waals surface area contributed by atoms with Gasteiger partial charge >= 0.3 is 5.69 Å². The van der Waals surface area contributed by atoms with E-state index in [1.165, 1.54) is 17.4 Å². The van der Waals surface area contributed by atoms with Gasteiger partial charge in [0.25, 0.3) is 5.91 Å². The van der Waals surface area contributed by atoms with E-state index in [0.29, 0.717) is 5.69 Å². The lowest BCUT2D eigenvalue weighted by Gasteiger charge is -2.03. The third-order valence-electron chi connectivity index (χ3n) is 2.50. The Hall–Kier alpha value is -2.35. The Labute approximate surface area is 117 Å². The summed E-state index contributed by atoms with van der Waals surface area (Å²) in [7, 11) is 0. The Morgan fingerprint density at radius 3 is 2.90 bits per heavy atom. The highest BCUT2D eigenvalue weighted by atomic mass is 32.1. The summed E-state index contributed by atoms with van der Waals surface area (Å²) in [6.45, 7) is 2.06. The number of hydrogen-bond donors (Lipinski definition) is 1. The molecule has 1 N–H and O–H groups in total. The lowest BCUT2D eigenvalue weighted by atomic mass is 10.2. The zero-order valence-corrected chi connectivity index (χ0v) is 11.2. The fourth-order valence-electron chi connectivity index (χ4n) is 1.56. The number of nitro groups is 1. The molecule has 8 heteroatoms. The number of thiazole rings is 1. The summed E-state index contributed by atoms with van der Waals surface area (Å²) in [4.78, 5) is 25.7. The largest absolute Gasteiger partial charge is 0.346 e. The molecule has 1 heterocycles. The van der Waals surface area contributed by atoms with E-state index in [1.807, 2.05) is 12.3 Å². The Balaban J connectivity index is 2.09. The number of benzene rings is 1. The highest BCUT2D eigenvalue weighted by Crippen LogP contribution is 2.18. The number of aryl methyl sites for hydroxylation is 1. The van der Waals surface area contributed by atoms with Gasteiger partial charge in [0.15, 0.2) is 0 Å². The maximum absolute atomic E-state index is 13.2. The topological polar surface area (TPSA) is 85.1 Å². The fourth-order valence-corrected chi connectivity index (χ4v) is 2.17. The lowest BCUT2D eigenvalue weighted by molar-refractivity contribution is -0.387. The first-order valence-electron chi connectivity index (χ1n) is 5.60. The number of nitro benzene ring substituents is 1. The minimum atomic E-state index is -0.971. The van der Waals surface area contributed by atoms with Crippen molar-refractivity contribution >= 4 is 22.9 Å². The van der Waals surface area contributed by atoms with Crippen LogP contribution in [0.1, 0.15) is 21.1 Å². The maximum atomic E-state index is 13.2. The molecule has 0 bridgehead atoms. The molecule has 104 valence electrons. The van der Waals surface area contributed by atoms with Crippen LogP contribution in [0.5, 0.6) is 0 Å². The Morgan fingerprint density at radius 1 is 1.55 bits per heavy atom. The lowest BCUT2D eigenvalue weighted by Crippen LogP contribution is -2.23. The van der Waals surface area contributed by atoms with Gasteiger partial charge < -0.3 is 5.32 Å². The molecule has 1 aromatic carbocycles. The predicted molar refractivity (Wildman–Crippen MR) is 71.1 cm³/mol. The van der Waals surface area contributed by atoms with Crippen molar-refractivity contribution in [1.82, 2.24) is 10.3 Å². The SMILES string of the molecule is Cc1nc(CNC(=O)c2ccc(F)c([N+](=O)[O-])c2)cs1. The first-order valence-corrected chi connectivity index (χ1v) is 6.48. The summed E-state index contributed by atoms with van der Waals surface area (Å²) >= 11 is 1.46. The molecule has 1 amide bonds. The Morgan fingerprint density at radius 2 is 2.30 bits per heavy atom. The molecule has 0 spiro atoms. The van der Waals surface area contributed by atoms with Gasteiger partial charge in [0.2, 0.25) is 5.82 Å². The third-order valence-corrected chi connectivity index (χ3v) is 3.32. The molecule has 0 radical (unpaired) electrons. The van der Waals surface area contributed by atoms with Gasteiger partial charge in [-0.1, -0.05) is 0 Å². The minimum absolute atomic E-state index is 0.0325. The van der Waals surface area contributed by atoms with Gasteiger partial charge in [-0.05, 0) is 19.1 Å². The van der Waals surface area contributed by atoms with E-state index in [0.717, 1.165) is 17.1 Å². The van der Waals surface area contributed by atoms with E-state index in [2.05, 4.69) is 10.3 Å². The molecule has 0 atom stereocenters. The molecule has 0 aliphatic carbocycles. The van der Waals surface area contributed by atoms with E-state index in [9.17, 15) is 19.3 Å². The second-order valence-electron chi connectivity index (χ2n) is 3.96. The molecule has 6 nitrogen and oxygen atoms in total. The normalized spacial score (nSPS) is 10.3. The number of carbonyl (C=O) groups is 1. The van der Waals surface area contributed by atoms with Gasteiger partial charge in [-0.15, -0.1) is 11.3 Å². The summed E-state index contributed by atoms with van der Waals surface area (Å²) in [6, 6.07) is 3.01. The average molecular weight is 295 g/mol. The van der Waals surface area contributed by atoms with E-state index in [-0.39, 0.29) is 12.1 Å². The van der Waals surface area contributed by atoms with Crippen molar-refractivity contribution in [2.24, 2.45) is 0 Å². The number of nitrogens with one attached hydrogen (secondary N) is 1. The molecule has 0 aliphatic rings. The van der Waals surface area contributed by atoms with E-state index >= 15 is 0 Å². The van der Waals surface area contributed by atoms with Crippen LogP contribution in [0.3, 0.4) is 0 Å². The Bertz CT molecular complexity index is 672. The number of amides is 1. The van der Waals surface area contributed by atoms with Crippen molar-refractivity contribution in [3.8, 4) is 0 Å². The van der Waals surface area contributed by atoms with Crippen molar-refractivity contribution < 1.29 is 14.1 Å². The first kappa shape index (κ1) is 14.1. The van der Waals surface area contributed by atoms with Crippen molar-refractivity contribution in [2.75, 3.05) is 0 Å². The second kappa shape index (κ2) is 5.74. The summed E-state index contributed by atoms with van der Waals surface area (Å²) in [5, 5.41) is 15.9. The van der Waals surface area contributed by atoms with Crippen LogP contribution in [0.25, 0.3) is 0 Å². The molecule has 0 fully saturated rings. The van der Waals surface area contributed by atoms with Gasteiger partial charge in [0, 0.05) is 17.0 Å². The van der Waals surface area contributed by atoms with Crippen LogP contribution in [-0.4, -0.2) is 15.8 Å². The third kappa shape index (κ3) is 3.15. The monoisotopic (exact) mass is 295 g/mol. The number of nitrogens with zero attached hydrogens (tertiary/aromatic N) is 2. The number of aromatic nitrogens is 1. The Kier molecular flexibility index (Phi) is 4.04. The zero-order valence-electron chi connectivity index (χ0n) is 10.4. The molecule has 1 aromatic heterocycles. The molecule has 20 heavy (non-hydrogen) atoms. The van der Waals surface area contributed by atoms with E-state index < -0.39 is 22.3 Å². The number of rotatable bonds is 4. The summed E-state index contributed by atoms with van der Waals surface area (Å²) in [5.41, 5.74) is 0.0182. The number of halogens is 1. The van der Waals surface area contributed by atoms with Crippen LogP contribution in [0.15, 0.2) is 23.6 Å². The predicted octanol–water partition coefficient (Wildman–Crippen LogP) is 2.43. The summed E-state index contributed by atoms with van der Waals surface area (Å²) < 4.78 is 13.2. The summed E-state index contributed by atoms with van der Waals surface area (Å²) in [5.74, 6) is -1.49. The van der Waals surface area contributed by atoms with Crippen LogP contribution in [-0.2, 0) is 6.54 Å². The molecule has 2 rings (SSSR count). The molecule has 0 saturated carbocycles. The highest BCUT2D eigenvalue weighted by molar-refractivity contribution is 7.09. The van der Waals surface area contributed by atoms with Crippen molar-refractivity contribution in [1.29, 1.82) is 0 Å². The molecule has 0 aliphatic heterocycles. The fraction of sp³-hybridized carbons (Fsp3) is 0.167. The van der Waals surface area contributed by atoms with Gasteiger partial charge in [0.05, 0.1) is 22.2 Å². The van der Waals surface area contributed by atoms with E-state index in [1.54, 1.807) is 0 Å². The van der Waals surface area contributed by atoms with Crippen molar-refractivity contribution in [2.45, 2.75) is 13.5 Å². The number of hydrogen-bond acceptors (Lipinski definition) is 5. The quantitative estimate of drug-likeness (QED) is 0.693. The highest BCUT2D eigenvalue weighted by Gasteiger charge is 2.17. The molecule has 0 unspecified atom stereocenters. The average Bonchev–Trinajstić information content (AvgIpc) is 2.82. The van der Waals surface area contributed by atoms with Crippen LogP contribution < -0.4 is 5.32 Å². The van der Waals surface area contributed by atoms with Gasteiger partial charge in [-0.25, -0.2) is 4.98 Å². The second-order valence-corrected chi connectivity index (χ2v) is 5.03. The van der Waals surface area contributed by atoms with Crippen LogP contribution in [0.2, 0.25) is 0 Å². The van der Waals surface area contributed by atoms with Crippen LogP contribution >= 0.6 is 11.3 Å². The first-order chi connectivity index (χ1) is 9.47.